The number of hydrogen-bond donors (Lipinski definition) is 1. The zero-order chi connectivity index (χ0) is 10.8. The quantitative estimate of drug-likeness (QED) is 0.761. The summed E-state index contributed by atoms with van der Waals surface area (Å²) in [5, 5.41) is 15.6. The smallest absolute Gasteiger partial charge is 0.165 e. The summed E-state index contributed by atoms with van der Waals surface area (Å²) in [5.74, 6) is 0.423. The van der Waals surface area contributed by atoms with E-state index in [0.717, 1.165) is 17.0 Å². The van der Waals surface area contributed by atoms with Gasteiger partial charge in [0, 0.05) is 0 Å². The predicted octanol–water partition coefficient (Wildman–Crippen LogP) is 0.315. The Labute approximate surface area is 87.1 Å². The Bertz CT molecular complexity index is 475. The zero-order valence-electron chi connectivity index (χ0n) is 8.68. The fourth-order valence-corrected chi connectivity index (χ4v) is 1.33. The van der Waals surface area contributed by atoms with Crippen LogP contribution in [0.1, 0.15) is 17.0 Å². The standard InChI is InChI=1S/C9H12N6/c1-6-3-8(7(2)12-11-6)4-15-5-9(10)13-14-15/h3,5H,4,10H2,1-2H3. The van der Waals surface area contributed by atoms with E-state index in [0.29, 0.717) is 12.4 Å². The van der Waals surface area contributed by atoms with Crippen LogP contribution in [-0.4, -0.2) is 25.2 Å². The summed E-state index contributed by atoms with van der Waals surface area (Å²) in [7, 11) is 0. The summed E-state index contributed by atoms with van der Waals surface area (Å²) < 4.78 is 1.68. The van der Waals surface area contributed by atoms with Crippen molar-refractivity contribution in [2.24, 2.45) is 0 Å². The molecule has 0 fully saturated rings. The van der Waals surface area contributed by atoms with Gasteiger partial charge in [0.15, 0.2) is 5.82 Å². The number of anilines is 1. The molecule has 0 unspecified atom stereocenters. The van der Waals surface area contributed by atoms with Crippen LogP contribution in [0, 0.1) is 13.8 Å². The van der Waals surface area contributed by atoms with Crippen LogP contribution >= 0.6 is 0 Å². The van der Waals surface area contributed by atoms with Gasteiger partial charge in [-0.2, -0.15) is 10.2 Å². The Morgan fingerprint density at radius 3 is 2.73 bits per heavy atom. The first-order chi connectivity index (χ1) is 7.15. The number of nitrogens with zero attached hydrogens (tertiary/aromatic N) is 5. The average Bonchev–Trinajstić information content (AvgIpc) is 2.58. The van der Waals surface area contributed by atoms with Crippen molar-refractivity contribution in [1.29, 1.82) is 0 Å². The Kier molecular flexibility index (Phi) is 2.32. The van der Waals surface area contributed by atoms with E-state index in [2.05, 4.69) is 20.5 Å². The molecule has 15 heavy (non-hydrogen) atoms. The summed E-state index contributed by atoms with van der Waals surface area (Å²) in [6.07, 6.45) is 1.69. The highest BCUT2D eigenvalue weighted by atomic mass is 15.4. The third-order valence-corrected chi connectivity index (χ3v) is 2.09. The van der Waals surface area contributed by atoms with E-state index in [1.807, 2.05) is 19.9 Å². The van der Waals surface area contributed by atoms with Crippen LogP contribution in [0.2, 0.25) is 0 Å². The molecule has 0 aliphatic heterocycles. The van der Waals surface area contributed by atoms with Gasteiger partial charge in [-0.05, 0) is 25.5 Å². The summed E-state index contributed by atoms with van der Waals surface area (Å²) >= 11 is 0. The molecule has 0 atom stereocenters. The molecule has 2 rings (SSSR count). The Morgan fingerprint density at radius 1 is 1.27 bits per heavy atom. The maximum absolute atomic E-state index is 5.48. The summed E-state index contributed by atoms with van der Waals surface area (Å²) in [4.78, 5) is 0. The molecule has 0 saturated carbocycles. The monoisotopic (exact) mass is 204 g/mol. The first-order valence-corrected chi connectivity index (χ1v) is 4.60. The highest BCUT2D eigenvalue weighted by Gasteiger charge is 2.03. The molecule has 0 aromatic carbocycles. The van der Waals surface area contributed by atoms with Gasteiger partial charge in [0.1, 0.15) is 0 Å². The van der Waals surface area contributed by atoms with Crippen molar-refractivity contribution in [3.05, 3.63) is 29.2 Å². The lowest BCUT2D eigenvalue weighted by Crippen LogP contribution is -2.05. The zero-order valence-corrected chi connectivity index (χ0v) is 8.68. The minimum atomic E-state index is 0.423. The molecular formula is C9H12N6. The lowest BCUT2D eigenvalue weighted by atomic mass is 10.2. The number of aromatic nitrogens is 5. The van der Waals surface area contributed by atoms with Crippen LogP contribution in [-0.2, 0) is 6.54 Å². The molecule has 0 aliphatic carbocycles. The van der Waals surface area contributed by atoms with E-state index < -0.39 is 0 Å². The van der Waals surface area contributed by atoms with Gasteiger partial charge in [0.2, 0.25) is 0 Å². The topological polar surface area (TPSA) is 82.5 Å². The average molecular weight is 204 g/mol. The predicted molar refractivity (Wildman–Crippen MR) is 55.0 cm³/mol. The Hall–Kier alpha value is -1.98. The summed E-state index contributed by atoms with van der Waals surface area (Å²) in [6, 6.07) is 1.99. The van der Waals surface area contributed by atoms with Crippen molar-refractivity contribution >= 4 is 5.82 Å². The minimum absolute atomic E-state index is 0.423. The third-order valence-electron chi connectivity index (χ3n) is 2.09. The van der Waals surface area contributed by atoms with Gasteiger partial charge in [0.05, 0.1) is 24.1 Å². The number of hydrogen-bond acceptors (Lipinski definition) is 5. The molecule has 0 radical (unpaired) electrons. The third kappa shape index (κ3) is 2.09. The van der Waals surface area contributed by atoms with E-state index in [1.165, 1.54) is 0 Å². The second-order valence-corrected chi connectivity index (χ2v) is 3.44. The maximum Gasteiger partial charge on any atom is 0.165 e. The van der Waals surface area contributed by atoms with E-state index in [-0.39, 0.29) is 0 Å². The molecule has 2 N–H and O–H groups in total. The Morgan fingerprint density at radius 2 is 2.07 bits per heavy atom. The SMILES string of the molecule is Cc1cc(Cn2cc(N)nn2)c(C)nn1. The first-order valence-electron chi connectivity index (χ1n) is 4.60. The largest absolute Gasteiger partial charge is 0.381 e. The molecule has 6 nitrogen and oxygen atoms in total. The fourth-order valence-electron chi connectivity index (χ4n) is 1.33. The van der Waals surface area contributed by atoms with Crippen LogP contribution < -0.4 is 5.73 Å². The molecule has 2 heterocycles. The van der Waals surface area contributed by atoms with Crippen molar-refractivity contribution in [2.45, 2.75) is 20.4 Å². The molecule has 78 valence electrons. The summed E-state index contributed by atoms with van der Waals surface area (Å²) in [6.45, 7) is 4.44. The molecule has 0 saturated heterocycles. The molecule has 2 aromatic rings. The maximum atomic E-state index is 5.48. The number of nitrogens with two attached hydrogens (primary N) is 1. The lowest BCUT2D eigenvalue weighted by Gasteiger charge is -2.04. The van der Waals surface area contributed by atoms with Gasteiger partial charge in [-0.25, -0.2) is 4.68 Å². The van der Waals surface area contributed by atoms with Gasteiger partial charge >= 0.3 is 0 Å². The second-order valence-electron chi connectivity index (χ2n) is 3.44. The van der Waals surface area contributed by atoms with Crippen molar-refractivity contribution in [3.8, 4) is 0 Å². The van der Waals surface area contributed by atoms with Gasteiger partial charge in [-0.3, -0.25) is 0 Å². The van der Waals surface area contributed by atoms with Gasteiger partial charge in [-0.1, -0.05) is 5.21 Å². The molecule has 6 heteroatoms. The van der Waals surface area contributed by atoms with Crippen molar-refractivity contribution in [2.75, 3.05) is 5.73 Å². The molecular weight excluding hydrogens is 192 g/mol. The number of nitrogen functional groups attached to an aromatic ring is 1. The van der Waals surface area contributed by atoms with Gasteiger partial charge < -0.3 is 5.73 Å². The lowest BCUT2D eigenvalue weighted by molar-refractivity contribution is 0.642. The van der Waals surface area contributed by atoms with Crippen molar-refractivity contribution in [3.63, 3.8) is 0 Å². The molecule has 0 spiro atoms. The number of rotatable bonds is 2. The second kappa shape index (κ2) is 3.64. The van der Waals surface area contributed by atoms with Crippen molar-refractivity contribution in [1.82, 2.24) is 25.2 Å². The number of aryl methyl sites for hydroxylation is 2. The minimum Gasteiger partial charge on any atom is -0.381 e. The van der Waals surface area contributed by atoms with Gasteiger partial charge in [0.25, 0.3) is 0 Å². The van der Waals surface area contributed by atoms with Crippen LogP contribution in [0.25, 0.3) is 0 Å². The van der Waals surface area contributed by atoms with Gasteiger partial charge in [-0.15, -0.1) is 5.10 Å². The molecule has 0 amide bonds. The van der Waals surface area contributed by atoms with Crippen LogP contribution in [0.3, 0.4) is 0 Å². The first kappa shape index (κ1) is 9.57. The van der Waals surface area contributed by atoms with E-state index in [4.69, 9.17) is 5.73 Å². The molecule has 0 aliphatic rings. The van der Waals surface area contributed by atoms with Crippen LogP contribution in [0.5, 0.6) is 0 Å². The van der Waals surface area contributed by atoms with E-state index in [1.54, 1.807) is 10.9 Å². The fraction of sp³-hybridized carbons (Fsp3) is 0.333. The van der Waals surface area contributed by atoms with Crippen LogP contribution in [0.4, 0.5) is 5.82 Å². The normalized spacial score (nSPS) is 10.5. The molecule has 0 bridgehead atoms. The Balaban J connectivity index is 2.27. The highest BCUT2D eigenvalue weighted by molar-refractivity contribution is 5.23. The highest BCUT2D eigenvalue weighted by Crippen LogP contribution is 2.07. The van der Waals surface area contributed by atoms with E-state index in [9.17, 15) is 0 Å². The van der Waals surface area contributed by atoms with Crippen LogP contribution in [0.15, 0.2) is 12.3 Å². The van der Waals surface area contributed by atoms with Crippen molar-refractivity contribution < 1.29 is 0 Å². The molecule has 2 aromatic heterocycles. The van der Waals surface area contributed by atoms with E-state index >= 15 is 0 Å². The summed E-state index contributed by atoms with van der Waals surface area (Å²) in [5.41, 5.74) is 8.34.